The molecular weight excluding hydrogens is 190 g/mol. The first-order valence-corrected chi connectivity index (χ1v) is 5.24. The monoisotopic (exact) mass is 205 g/mol. The predicted octanol–water partition coefficient (Wildman–Crippen LogP) is 0.226. The number of anilines is 1. The van der Waals surface area contributed by atoms with Crippen molar-refractivity contribution in [3.8, 4) is 0 Å². The highest BCUT2D eigenvalue weighted by Crippen LogP contribution is 2.47. The van der Waals surface area contributed by atoms with E-state index in [0.717, 1.165) is 30.9 Å². The quantitative estimate of drug-likeness (QED) is 0.535. The Kier molecular flexibility index (Phi) is 1.80. The van der Waals surface area contributed by atoms with Crippen LogP contribution in [0.15, 0.2) is 18.2 Å². The molecule has 2 aliphatic rings. The van der Waals surface area contributed by atoms with E-state index in [9.17, 15) is 0 Å². The van der Waals surface area contributed by atoms with E-state index in [1.807, 2.05) is 12.1 Å². The summed E-state index contributed by atoms with van der Waals surface area (Å²) in [6, 6.07) is 6.03. The van der Waals surface area contributed by atoms with Gasteiger partial charge in [-0.25, -0.2) is 0 Å². The molecule has 15 heavy (non-hydrogen) atoms. The van der Waals surface area contributed by atoms with Crippen LogP contribution >= 0.6 is 0 Å². The van der Waals surface area contributed by atoms with Crippen LogP contribution in [0.4, 0.5) is 5.69 Å². The van der Waals surface area contributed by atoms with Crippen LogP contribution < -0.4 is 11.5 Å². The molecule has 2 fully saturated rings. The minimum atomic E-state index is -0.141. The van der Waals surface area contributed by atoms with Gasteiger partial charge in [0.25, 0.3) is 0 Å². The third kappa shape index (κ3) is 1.19. The molecule has 0 spiro atoms. The second-order valence-corrected chi connectivity index (χ2v) is 4.17. The summed E-state index contributed by atoms with van der Waals surface area (Å²) in [7, 11) is 0. The highest BCUT2D eigenvalue weighted by atomic mass is 16.5. The average Bonchev–Trinajstić information content (AvgIpc) is 2.82. The van der Waals surface area contributed by atoms with Crippen LogP contribution in [0.25, 0.3) is 0 Å². The normalized spacial score (nSPS) is 32.7. The summed E-state index contributed by atoms with van der Waals surface area (Å²) >= 11 is 0. The number of rotatable bonds is 2. The zero-order valence-corrected chi connectivity index (χ0v) is 8.57. The lowest BCUT2D eigenvalue weighted by Gasteiger charge is -2.13. The number of nitrogens with two attached hydrogens (primary N) is 2. The first-order chi connectivity index (χ1) is 7.26. The van der Waals surface area contributed by atoms with E-state index in [4.69, 9.17) is 16.2 Å². The molecule has 0 amide bonds. The number of nitrogens with zero attached hydrogens (tertiary/aromatic N) is 1. The van der Waals surface area contributed by atoms with Crippen molar-refractivity contribution >= 4 is 5.69 Å². The van der Waals surface area contributed by atoms with Gasteiger partial charge >= 0.3 is 0 Å². The second kappa shape index (κ2) is 2.95. The van der Waals surface area contributed by atoms with Gasteiger partial charge in [-0.15, -0.1) is 0 Å². The third-order valence-corrected chi connectivity index (χ3v) is 3.33. The van der Waals surface area contributed by atoms with Crippen molar-refractivity contribution < 1.29 is 4.74 Å². The van der Waals surface area contributed by atoms with E-state index < -0.39 is 0 Å². The lowest BCUT2D eigenvalue weighted by molar-refractivity contribution is 0.0588. The molecule has 4 heteroatoms. The van der Waals surface area contributed by atoms with Crippen molar-refractivity contribution in [1.82, 2.24) is 4.90 Å². The molecule has 2 aliphatic heterocycles. The molecule has 1 aromatic carbocycles. The summed E-state index contributed by atoms with van der Waals surface area (Å²) in [5.41, 5.74) is 14.3. The molecular formula is C11H15N3O. The zero-order chi connectivity index (χ0) is 10.5. The number of fused-ring (bicyclic) bond motifs is 1. The summed E-state index contributed by atoms with van der Waals surface area (Å²) in [5.74, 6) is 0. The molecule has 0 bridgehead atoms. The van der Waals surface area contributed by atoms with Gasteiger partial charge in [0.15, 0.2) is 5.72 Å². The lowest BCUT2D eigenvalue weighted by Crippen LogP contribution is -2.14. The molecule has 2 heterocycles. The summed E-state index contributed by atoms with van der Waals surface area (Å²) in [5, 5.41) is 0. The van der Waals surface area contributed by atoms with Gasteiger partial charge in [0.1, 0.15) is 0 Å². The fourth-order valence-electron chi connectivity index (χ4n) is 2.33. The van der Waals surface area contributed by atoms with Crippen molar-refractivity contribution in [2.24, 2.45) is 5.73 Å². The fraction of sp³-hybridized carbons (Fsp3) is 0.455. The van der Waals surface area contributed by atoms with E-state index in [1.54, 1.807) is 0 Å². The molecule has 80 valence electrons. The summed E-state index contributed by atoms with van der Waals surface area (Å²) in [4.78, 5) is 2.32. The Morgan fingerprint density at radius 1 is 1.47 bits per heavy atom. The molecule has 0 aliphatic carbocycles. The van der Waals surface area contributed by atoms with Crippen LogP contribution in [0, 0.1) is 0 Å². The number of morpholine rings is 1. The van der Waals surface area contributed by atoms with Gasteiger partial charge in [-0.05, 0) is 17.7 Å². The number of nitrogen functional groups attached to an aromatic ring is 1. The predicted molar refractivity (Wildman–Crippen MR) is 57.9 cm³/mol. The van der Waals surface area contributed by atoms with Crippen molar-refractivity contribution in [1.29, 1.82) is 0 Å². The van der Waals surface area contributed by atoms with Gasteiger partial charge in [-0.3, -0.25) is 4.90 Å². The molecule has 4 nitrogen and oxygen atoms in total. The molecule has 3 rings (SSSR count). The maximum Gasteiger partial charge on any atom is 0.160 e. The van der Waals surface area contributed by atoms with Crippen LogP contribution in [0.5, 0.6) is 0 Å². The maximum atomic E-state index is 5.82. The summed E-state index contributed by atoms with van der Waals surface area (Å²) < 4.78 is 5.78. The van der Waals surface area contributed by atoms with Crippen molar-refractivity contribution in [3.63, 3.8) is 0 Å². The Hall–Kier alpha value is -1.10. The first kappa shape index (κ1) is 9.15. The van der Waals surface area contributed by atoms with Crippen LogP contribution in [0.3, 0.4) is 0 Å². The average molecular weight is 205 g/mol. The third-order valence-electron chi connectivity index (χ3n) is 3.33. The molecule has 0 aromatic heterocycles. The Morgan fingerprint density at radius 2 is 2.33 bits per heavy atom. The highest BCUT2D eigenvalue weighted by molar-refractivity contribution is 5.50. The maximum absolute atomic E-state index is 5.82. The van der Waals surface area contributed by atoms with Crippen LogP contribution in [0.2, 0.25) is 0 Å². The van der Waals surface area contributed by atoms with Gasteiger partial charge in [-0.2, -0.15) is 0 Å². The van der Waals surface area contributed by atoms with E-state index in [-0.39, 0.29) is 5.72 Å². The van der Waals surface area contributed by atoms with Crippen molar-refractivity contribution in [2.75, 3.05) is 25.4 Å². The Bertz CT molecular complexity index is 407. The second-order valence-electron chi connectivity index (χ2n) is 4.17. The minimum absolute atomic E-state index is 0.141. The Morgan fingerprint density at radius 3 is 2.93 bits per heavy atom. The molecule has 0 radical (unpaired) electrons. The number of hydrogen-bond donors (Lipinski definition) is 2. The molecule has 0 saturated carbocycles. The van der Waals surface area contributed by atoms with Crippen LogP contribution in [0.1, 0.15) is 11.1 Å². The summed E-state index contributed by atoms with van der Waals surface area (Å²) in [6.07, 6.45) is 0. The molecule has 2 unspecified atom stereocenters. The van der Waals surface area contributed by atoms with Gasteiger partial charge in [-0.1, -0.05) is 6.07 Å². The molecule has 4 N–H and O–H groups in total. The molecule has 1 aromatic rings. The standard InChI is InChI=1S/C11H15N3O/c12-6-8-5-9(1-2-10(8)13)11-7-14(11)3-4-15-11/h1-2,5H,3-4,6-7,12-13H2. The van der Waals surface area contributed by atoms with Crippen molar-refractivity contribution in [3.05, 3.63) is 29.3 Å². The van der Waals surface area contributed by atoms with E-state index in [2.05, 4.69) is 11.0 Å². The number of hydrogen-bond acceptors (Lipinski definition) is 4. The van der Waals surface area contributed by atoms with Gasteiger partial charge < -0.3 is 16.2 Å². The van der Waals surface area contributed by atoms with E-state index >= 15 is 0 Å². The topological polar surface area (TPSA) is 64.3 Å². The highest BCUT2D eigenvalue weighted by Gasteiger charge is 2.58. The Labute approximate surface area is 88.8 Å². The van der Waals surface area contributed by atoms with E-state index in [1.165, 1.54) is 5.56 Å². The fourth-order valence-corrected chi connectivity index (χ4v) is 2.33. The lowest BCUT2D eigenvalue weighted by atomic mass is 10.0. The molecule has 2 atom stereocenters. The van der Waals surface area contributed by atoms with Gasteiger partial charge in [0.05, 0.1) is 6.61 Å². The molecule has 2 saturated heterocycles. The van der Waals surface area contributed by atoms with Crippen molar-refractivity contribution in [2.45, 2.75) is 12.3 Å². The largest absolute Gasteiger partial charge is 0.398 e. The summed E-state index contributed by atoms with van der Waals surface area (Å²) in [6.45, 7) is 3.33. The number of ether oxygens (including phenoxy) is 1. The van der Waals surface area contributed by atoms with Crippen LogP contribution in [-0.4, -0.2) is 24.6 Å². The minimum Gasteiger partial charge on any atom is -0.398 e. The smallest absolute Gasteiger partial charge is 0.160 e. The zero-order valence-electron chi connectivity index (χ0n) is 8.57. The van der Waals surface area contributed by atoms with Crippen LogP contribution in [-0.2, 0) is 17.0 Å². The van der Waals surface area contributed by atoms with Gasteiger partial charge in [0, 0.05) is 30.9 Å². The Balaban J connectivity index is 1.99. The SMILES string of the molecule is NCc1cc(C23CN2CCO3)ccc1N. The number of benzene rings is 1. The van der Waals surface area contributed by atoms with Gasteiger partial charge in [0.2, 0.25) is 0 Å². The van der Waals surface area contributed by atoms with E-state index in [0.29, 0.717) is 6.54 Å². The first-order valence-electron chi connectivity index (χ1n) is 5.24.